The molecule has 3 rings (SSSR count). The molecule has 0 bridgehead atoms. The van der Waals surface area contributed by atoms with Gasteiger partial charge < -0.3 is 20.4 Å². The molecule has 3 N–H and O–H groups in total. The van der Waals surface area contributed by atoms with Gasteiger partial charge in [0.15, 0.2) is 0 Å². The van der Waals surface area contributed by atoms with E-state index in [2.05, 4.69) is 15.6 Å². The Balaban J connectivity index is 1.83. The number of amides is 1. The largest absolute Gasteiger partial charge is 0.356 e. The van der Waals surface area contributed by atoms with Gasteiger partial charge in [0.25, 0.3) is 5.56 Å². The molecule has 1 aromatic carbocycles. The molecule has 0 saturated carbocycles. The number of aromatic amines is 1. The Labute approximate surface area is 167 Å². The van der Waals surface area contributed by atoms with E-state index in [1.807, 2.05) is 6.92 Å². The smallest absolute Gasteiger partial charge is 0.252 e. The summed E-state index contributed by atoms with van der Waals surface area (Å²) in [6, 6.07) is 2.50. The molecule has 8 heteroatoms. The first kappa shape index (κ1) is 20.7. The van der Waals surface area contributed by atoms with E-state index in [0.29, 0.717) is 35.2 Å². The Kier molecular flexibility index (Phi) is 6.12. The van der Waals surface area contributed by atoms with Crippen molar-refractivity contribution in [3.8, 4) is 0 Å². The molecule has 0 saturated heterocycles. The van der Waals surface area contributed by atoms with Crippen LogP contribution in [0, 0.1) is 24.8 Å². The van der Waals surface area contributed by atoms with Crippen LogP contribution in [0.15, 0.2) is 29.2 Å². The van der Waals surface area contributed by atoms with Gasteiger partial charge in [0.1, 0.15) is 11.6 Å². The first-order chi connectivity index (χ1) is 13.8. The number of hydrogen-bond donors (Lipinski definition) is 3. The molecule has 6 nitrogen and oxygen atoms in total. The summed E-state index contributed by atoms with van der Waals surface area (Å²) in [5.74, 6) is -1.88. The van der Waals surface area contributed by atoms with Crippen LogP contribution < -0.4 is 16.2 Å². The molecule has 153 valence electrons. The molecule has 1 aliphatic rings. The van der Waals surface area contributed by atoms with E-state index >= 15 is 0 Å². The van der Waals surface area contributed by atoms with Crippen molar-refractivity contribution in [2.75, 3.05) is 6.61 Å². The zero-order valence-electron chi connectivity index (χ0n) is 16.4. The summed E-state index contributed by atoms with van der Waals surface area (Å²) in [4.78, 5) is 27.8. The number of ether oxygens (including phenoxy) is 1. The van der Waals surface area contributed by atoms with E-state index in [-0.39, 0.29) is 17.5 Å². The summed E-state index contributed by atoms with van der Waals surface area (Å²) in [5.41, 5.74) is 1.99. The van der Waals surface area contributed by atoms with E-state index in [1.165, 1.54) is 6.07 Å². The van der Waals surface area contributed by atoms with Crippen molar-refractivity contribution in [3.05, 3.63) is 80.6 Å². The van der Waals surface area contributed by atoms with Gasteiger partial charge in [-0.15, -0.1) is 0 Å². The molecule has 0 fully saturated rings. The fourth-order valence-electron chi connectivity index (χ4n) is 3.33. The summed E-state index contributed by atoms with van der Waals surface area (Å²) in [5, 5.41) is 5.65. The first-order valence-electron chi connectivity index (χ1n) is 9.25. The SMILES string of the molecule is CCO[C]1NC=Cc2[nH]c(=O)c(CC(=O)N[C@@H](C)c3ccc(F)cc3F)c(C)c21. The third kappa shape index (κ3) is 4.37. The van der Waals surface area contributed by atoms with Crippen LogP contribution in [0.5, 0.6) is 0 Å². The third-order valence-electron chi connectivity index (χ3n) is 4.74. The van der Waals surface area contributed by atoms with E-state index in [1.54, 1.807) is 26.1 Å². The maximum Gasteiger partial charge on any atom is 0.252 e. The molecule has 1 aliphatic heterocycles. The zero-order valence-corrected chi connectivity index (χ0v) is 16.4. The van der Waals surface area contributed by atoms with Gasteiger partial charge in [-0.2, -0.15) is 0 Å². The van der Waals surface area contributed by atoms with Gasteiger partial charge in [-0.1, -0.05) is 6.07 Å². The standard InChI is InChI=1S/C21H22F2N3O3/c1-4-29-21-19-11(2)15(20(28)26-17(19)7-8-24-21)10-18(27)25-12(3)14-6-5-13(22)9-16(14)23/h5-9,12,24H,4,10H2,1-3H3,(H,25,27)(H,26,28)/t12-/m0/s1. The zero-order chi connectivity index (χ0) is 21.1. The Bertz CT molecular complexity index is 1020. The van der Waals surface area contributed by atoms with Crippen LogP contribution >= 0.6 is 0 Å². The monoisotopic (exact) mass is 402 g/mol. The first-order valence-corrected chi connectivity index (χ1v) is 9.25. The second-order valence-corrected chi connectivity index (χ2v) is 6.72. The number of halogens is 2. The molecule has 0 aliphatic carbocycles. The van der Waals surface area contributed by atoms with E-state index in [0.717, 1.165) is 12.1 Å². The number of pyridine rings is 1. The topological polar surface area (TPSA) is 83.2 Å². The molecule has 1 radical (unpaired) electrons. The van der Waals surface area contributed by atoms with Crippen molar-refractivity contribution in [3.63, 3.8) is 0 Å². The fourth-order valence-corrected chi connectivity index (χ4v) is 3.33. The van der Waals surface area contributed by atoms with Crippen LogP contribution in [-0.4, -0.2) is 17.5 Å². The van der Waals surface area contributed by atoms with Gasteiger partial charge in [0, 0.05) is 35.6 Å². The summed E-state index contributed by atoms with van der Waals surface area (Å²) in [7, 11) is 0. The van der Waals surface area contributed by atoms with Crippen LogP contribution in [0.3, 0.4) is 0 Å². The number of benzene rings is 1. The Morgan fingerprint density at radius 2 is 2.07 bits per heavy atom. The molecule has 2 aromatic rings. The van der Waals surface area contributed by atoms with E-state index < -0.39 is 23.6 Å². The van der Waals surface area contributed by atoms with Crippen molar-refractivity contribution in [2.24, 2.45) is 0 Å². The summed E-state index contributed by atoms with van der Waals surface area (Å²) in [6.45, 7) is 5.62. The molecule has 1 aromatic heterocycles. The lowest BCUT2D eigenvalue weighted by Gasteiger charge is -2.24. The van der Waals surface area contributed by atoms with Crippen molar-refractivity contribution in [2.45, 2.75) is 33.2 Å². The number of fused-ring (bicyclic) bond motifs is 1. The average Bonchev–Trinajstić information content (AvgIpc) is 2.65. The van der Waals surface area contributed by atoms with Crippen LogP contribution in [0.25, 0.3) is 6.08 Å². The Morgan fingerprint density at radius 3 is 2.76 bits per heavy atom. The minimum absolute atomic E-state index is 0.164. The highest BCUT2D eigenvalue weighted by Crippen LogP contribution is 2.26. The van der Waals surface area contributed by atoms with Crippen LogP contribution in [0.2, 0.25) is 0 Å². The van der Waals surface area contributed by atoms with Gasteiger partial charge >= 0.3 is 0 Å². The number of aromatic nitrogens is 1. The molecule has 1 amide bonds. The summed E-state index contributed by atoms with van der Waals surface area (Å²) in [6.07, 6.45) is 3.69. The number of H-pyrrole nitrogens is 1. The number of rotatable bonds is 6. The number of nitrogens with one attached hydrogen (secondary N) is 3. The van der Waals surface area contributed by atoms with Crippen LogP contribution in [0.4, 0.5) is 8.78 Å². The molecule has 0 unspecified atom stereocenters. The van der Waals surface area contributed by atoms with Gasteiger partial charge in [0.2, 0.25) is 12.1 Å². The maximum absolute atomic E-state index is 13.9. The highest BCUT2D eigenvalue weighted by molar-refractivity contribution is 5.79. The van der Waals surface area contributed by atoms with Crippen molar-refractivity contribution in [1.29, 1.82) is 0 Å². The quantitative estimate of drug-likeness (QED) is 0.694. The minimum atomic E-state index is -0.741. The molecular formula is C21H22F2N3O3. The summed E-state index contributed by atoms with van der Waals surface area (Å²) >= 11 is 0. The average molecular weight is 402 g/mol. The molecule has 29 heavy (non-hydrogen) atoms. The van der Waals surface area contributed by atoms with Crippen LogP contribution in [0.1, 0.15) is 47.8 Å². The number of carbonyl (C=O) groups excluding carboxylic acids is 1. The number of carbonyl (C=O) groups is 1. The van der Waals surface area contributed by atoms with E-state index in [4.69, 9.17) is 4.74 Å². The highest BCUT2D eigenvalue weighted by Gasteiger charge is 2.26. The fraction of sp³-hybridized carbons (Fsp3) is 0.286. The number of hydrogen-bond acceptors (Lipinski definition) is 4. The lowest BCUT2D eigenvalue weighted by Crippen LogP contribution is -2.33. The maximum atomic E-state index is 13.9. The Hall–Kier alpha value is -3.00. The van der Waals surface area contributed by atoms with E-state index in [9.17, 15) is 18.4 Å². The second-order valence-electron chi connectivity index (χ2n) is 6.72. The molecule has 1 atom stereocenters. The van der Waals surface area contributed by atoms with Crippen molar-refractivity contribution < 1.29 is 18.3 Å². The second kappa shape index (κ2) is 8.57. The molecule has 2 heterocycles. The lowest BCUT2D eigenvalue weighted by atomic mass is 9.97. The third-order valence-corrected chi connectivity index (χ3v) is 4.74. The summed E-state index contributed by atoms with van der Waals surface area (Å²) < 4.78 is 32.6. The van der Waals surface area contributed by atoms with Gasteiger partial charge in [-0.05, 0) is 38.5 Å². The van der Waals surface area contributed by atoms with Crippen molar-refractivity contribution >= 4 is 12.0 Å². The predicted octanol–water partition coefficient (Wildman–Crippen LogP) is 2.83. The normalized spacial score (nSPS) is 14.2. The predicted molar refractivity (Wildman–Crippen MR) is 105 cm³/mol. The van der Waals surface area contributed by atoms with Crippen molar-refractivity contribution in [1.82, 2.24) is 15.6 Å². The Morgan fingerprint density at radius 1 is 1.31 bits per heavy atom. The highest BCUT2D eigenvalue weighted by atomic mass is 19.1. The van der Waals surface area contributed by atoms with Gasteiger partial charge in [-0.25, -0.2) is 8.78 Å². The van der Waals surface area contributed by atoms with Crippen LogP contribution in [-0.2, 0) is 16.0 Å². The lowest BCUT2D eigenvalue weighted by molar-refractivity contribution is -0.121. The van der Waals surface area contributed by atoms with Gasteiger partial charge in [-0.3, -0.25) is 9.59 Å². The van der Waals surface area contributed by atoms with Gasteiger partial charge in [0.05, 0.1) is 18.2 Å². The molecule has 0 spiro atoms. The molecular weight excluding hydrogens is 380 g/mol. The minimum Gasteiger partial charge on any atom is -0.356 e.